The van der Waals surface area contributed by atoms with E-state index in [2.05, 4.69) is 10.3 Å². The first-order valence-electron chi connectivity index (χ1n) is 8.42. The minimum Gasteiger partial charge on any atom is -0.427 e. The smallest absolute Gasteiger partial charge is 0.308 e. The van der Waals surface area contributed by atoms with E-state index in [1.54, 1.807) is 30.3 Å². The van der Waals surface area contributed by atoms with Crippen molar-refractivity contribution in [2.24, 2.45) is 0 Å². The molecule has 0 saturated heterocycles. The number of hydrogen-bond acceptors (Lipinski definition) is 6. The van der Waals surface area contributed by atoms with Crippen molar-refractivity contribution in [3.63, 3.8) is 0 Å². The Morgan fingerprint density at radius 3 is 2.57 bits per heavy atom. The first kappa shape index (κ1) is 19.5. The summed E-state index contributed by atoms with van der Waals surface area (Å²) in [6.07, 6.45) is 1.53. The third-order valence-electron chi connectivity index (χ3n) is 3.89. The van der Waals surface area contributed by atoms with Crippen molar-refractivity contribution < 1.29 is 22.7 Å². The number of aromatic nitrogens is 1. The van der Waals surface area contributed by atoms with Crippen LogP contribution in [0.1, 0.15) is 19.4 Å². The third-order valence-corrected chi connectivity index (χ3v) is 5.63. The topological polar surface area (TPSA) is 102 Å². The molecule has 0 radical (unpaired) electrons. The number of nitrogens with one attached hydrogen (secondary N) is 1. The number of anilines is 1. The second kappa shape index (κ2) is 7.77. The van der Waals surface area contributed by atoms with Gasteiger partial charge in [0, 0.05) is 25.4 Å². The molecule has 0 saturated carbocycles. The Balaban J connectivity index is 2.02. The normalized spacial score (nSPS) is 11.2. The maximum atomic E-state index is 13.1. The molecule has 0 aliphatic carbocycles. The monoisotopic (exact) mass is 398 g/mol. The molecule has 1 amide bonds. The summed E-state index contributed by atoms with van der Waals surface area (Å²) >= 11 is 0. The van der Waals surface area contributed by atoms with Crippen LogP contribution < -0.4 is 10.1 Å². The van der Waals surface area contributed by atoms with Gasteiger partial charge in [0.15, 0.2) is 9.84 Å². The summed E-state index contributed by atoms with van der Waals surface area (Å²) in [6, 6.07) is 12.7. The van der Waals surface area contributed by atoms with Crippen LogP contribution in [0.5, 0.6) is 5.75 Å². The average molecular weight is 398 g/mol. The summed E-state index contributed by atoms with van der Waals surface area (Å²) < 4.78 is 31.1. The number of fused-ring (bicyclic) bond motifs is 1. The van der Waals surface area contributed by atoms with Gasteiger partial charge in [-0.15, -0.1) is 0 Å². The number of benzene rings is 2. The van der Waals surface area contributed by atoms with Crippen LogP contribution in [-0.2, 0) is 25.2 Å². The lowest BCUT2D eigenvalue weighted by atomic mass is 10.2. The van der Waals surface area contributed by atoms with Crippen molar-refractivity contribution in [1.82, 2.24) is 4.98 Å². The number of carbonyl (C=O) groups excluding carboxylic acids is 2. The van der Waals surface area contributed by atoms with Crippen molar-refractivity contribution in [1.29, 1.82) is 0 Å². The molecular weight excluding hydrogens is 380 g/mol. The van der Waals surface area contributed by atoms with Gasteiger partial charge >= 0.3 is 5.97 Å². The fraction of sp³-hybridized carbons (Fsp3) is 0.150. The van der Waals surface area contributed by atoms with E-state index in [1.807, 2.05) is 0 Å². The van der Waals surface area contributed by atoms with Crippen molar-refractivity contribution in [2.75, 3.05) is 5.32 Å². The van der Waals surface area contributed by atoms with Crippen LogP contribution >= 0.6 is 0 Å². The van der Waals surface area contributed by atoms with E-state index in [-0.39, 0.29) is 22.3 Å². The zero-order chi connectivity index (χ0) is 20.3. The van der Waals surface area contributed by atoms with E-state index in [0.717, 1.165) is 0 Å². The number of nitrogens with zero attached hydrogens (tertiary/aromatic N) is 1. The standard InChI is InChI=1S/C20H18N2O5S/c1-13(23)22-18-8-9-19(17-7-4-10-21-20(17)18)28(25,26)12-15-5-3-6-16(11-15)27-14(2)24/h3-11H,12H2,1-2H3,(H,22,23). The highest BCUT2D eigenvalue weighted by molar-refractivity contribution is 7.90. The number of carbonyl (C=O) groups is 2. The van der Waals surface area contributed by atoms with Gasteiger partial charge in [0.2, 0.25) is 5.91 Å². The average Bonchev–Trinajstić information content (AvgIpc) is 2.60. The maximum absolute atomic E-state index is 13.1. The van der Waals surface area contributed by atoms with Crippen LogP contribution in [0.4, 0.5) is 5.69 Å². The van der Waals surface area contributed by atoms with E-state index in [0.29, 0.717) is 22.2 Å². The lowest BCUT2D eigenvalue weighted by Gasteiger charge is -2.12. The lowest BCUT2D eigenvalue weighted by molar-refractivity contribution is -0.131. The molecule has 0 spiro atoms. The minimum absolute atomic E-state index is 0.114. The molecule has 0 unspecified atom stereocenters. The number of hydrogen-bond donors (Lipinski definition) is 1. The summed E-state index contributed by atoms with van der Waals surface area (Å²) in [5.74, 6) is -0.741. The Morgan fingerprint density at radius 2 is 1.86 bits per heavy atom. The van der Waals surface area contributed by atoms with Gasteiger partial charge < -0.3 is 10.1 Å². The van der Waals surface area contributed by atoms with Gasteiger partial charge in [-0.05, 0) is 42.0 Å². The molecule has 0 aliphatic heterocycles. The predicted octanol–water partition coefficient (Wildman–Crippen LogP) is 3.09. The number of sulfone groups is 1. The van der Waals surface area contributed by atoms with E-state index >= 15 is 0 Å². The van der Waals surface area contributed by atoms with Gasteiger partial charge in [-0.2, -0.15) is 0 Å². The highest BCUT2D eigenvalue weighted by Gasteiger charge is 2.21. The molecule has 3 rings (SSSR count). The number of pyridine rings is 1. The van der Waals surface area contributed by atoms with Crippen molar-refractivity contribution in [3.05, 3.63) is 60.3 Å². The van der Waals surface area contributed by atoms with Crippen molar-refractivity contribution in [3.8, 4) is 5.75 Å². The Labute approximate surface area is 162 Å². The fourth-order valence-electron chi connectivity index (χ4n) is 2.87. The summed E-state index contributed by atoms with van der Waals surface area (Å²) in [6.45, 7) is 2.65. The summed E-state index contributed by atoms with van der Waals surface area (Å²) in [5, 5.41) is 3.08. The number of rotatable bonds is 5. The molecule has 0 bridgehead atoms. The minimum atomic E-state index is -3.72. The highest BCUT2D eigenvalue weighted by atomic mass is 32.2. The molecule has 144 valence electrons. The Morgan fingerprint density at radius 1 is 1.07 bits per heavy atom. The zero-order valence-electron chi connectivity index (χ0n) is 15.3. The second-order valence-corrected chi connectivity index (χ2v) is 8.15. The molecule has 2 aromatic carbocycles. The van der Waals surface area contributed by atoms with E-state index < -0.39 is 15.8 Å². The molecule has 1 heterocycles. The van der Waals surface area contributed by atoms with Crippen LogP contribution in [0.15, 0.2) is 59.6 Å². The molecule has 7 nitrogen and oxygen atoms in total. The largest absolute Gasteiger partial charge is 0.427 e. The van der Waals surface area contributed by atoms with Gasteiger partial charge in [-0.1, -0.05) is 12.1 Å². The van der Waals surface area contributed by atoms with Gasteiger partial charge in [0.05, 0.1) is 21.9 Å². The Hall–Kier alpha value is -3.26. The van der Waals surface area contributed by atoms with E-state index in [1.165, 1.54) is 38.2 Å². The number of ether oxygens (including phenoxy) is 1. The second-order valence-electron chi connectivity index (χ2n) is 6.19. The molecule has 0 aliphatic rings. The first-order chi connectivity index (χ1) is 13.3. The molecular formula is C20H18N2O5S. The molecule has 1 N–H and O–H groups in total. The van der Waals surface area contributed by atoms with Crippen molar-refractivity contribution >= 4 is 38.3 Å². The Bertz CT molecular complexity index is 1170. The SMILES string of the molecule is CC(=O)Nc1ccc(S(=O)(=O)Cc2cccc(OC(C)=O)c2)c2cccnc12. The van der Waals surface area contributed by atoms with Crippen LogP contribution in [0.2, 0.25) is 0 Å². The van der Waals surface area contributed by atoms with Crippen LogP contribution in [0.25, 0.3) is 10.9 Å². The molecule has 3 aromatic rings. The third kappa shape index (κ3) is 4.34. The van der Waals surface area contributed by atoms with Gasteiger partial charge in [0.1, 0.15) is 5.75 Å². The highest BCUT2D eigenvalue weighted by Crippen LogP contribution is 2.30. The summed E-state index contributed by atoms with van der Waals surface area (Å²) in [7, 11) is -3.72. The molecule has 28 heavy (non-hydrogen) atoms. The van der Waals surface area contributed by atoms with Gasteiger partial charge in [-0.25, -0.2) is 8.42 Å². The molecule has 0 atom stereocenters. The molecule has 8 heteroatoms. The van der Waals surface area contributed by atoms with Crippen LogP contribution in [0.3, 0.4) is 0 Å². The van der Waals surface area contributed by atoms with Gasteiger partial charge in [-0.3, -0.25) is 14.6 Å². The number of esters is 1. The van der Waals surface area contributed by atoms with E-state index in [9.17, 15) is 18.0 Å². The summed E-state index contributed by atoms with van der Waals surface area (Å²) in [5.41, 5.74) is 1.33. The fourth-order valence-corrected chi connectivity index (χ4v) is 4.42. The van der Waals surface area contributed by atoms with Crippen LogP contribution in [0, 0.1) is 0 Å². The van der Waals surface area contributed by atoms with E-state index in [4.69, 9.17) is 4.74 Å². The lowest BCUT2D eigenvalue weighted by Crippen LogP contribution is -2.10. The maximum Gasteiger partial charge on any atom is 0.308 e. The Kier molecular flexibility index (Phi) is 5.41. The molecule has 1 aromatic heterocycles. The predicted molar refractivity (Wildman–Crippen MR) is 105 cm³/mol. The quantitative estimate of drug-likeness (QED) is 0.523. The summed E-state index contributed by atoms with van der Waals surface area (Å²) in [4.78, 5) is 26.8. The van der Waals surface area contributed by atoms with Gasteiger partial charge in [0.25, 0.3) is 0 Å². The zero-order valence-corrected chi connectivity index (χ0v) is 16.1. The van der Waals surface area contributed by atoms with Crippen molar-refractivity contribution in [2.45, 2.75) is 24.5 Å². The number of amides is 1. The molecule has 0 fully saturated rings. The van der Waals surface area contributed by atoms with Crippen LogP contribution in [-0.4, -0.2) is 25.3 Å². The first-order valence-corrected chi connectivity index (χ1v) is 10.1.